The molecule has 39 heavy (non-hydrogen) atoms. The van der Waals surface area contributed by atoms with Crippen LogP contribution in [0.3, 0.4) is 0 Å². The smallest absolute Gasteiger partial charge is 0.321 e. The minimum atomic E-state index is -0.207. The Bertz CT molecular complexity index is 1300. The Kier molecular flexibility index (Phi) is 8.10. The Morgan fingerprint density at radius 3 is 2.21 bits per heavy atom. The number of hydrogen-bond acceptors (Lipinski definition) is 4. The van der Waals surface area contributed by atoms with Crippen LogP contribution in [0.15, 0.2) is 78.9 Å². The second-order valence-corrected chi connectivity index (χ2v) is 10.3. The Balaban J connectivity index is 1.11. The summed E-state index contributed by atoms with van der Waals surface area (Å²) in [6.45, 7) is 5.16. The van der Waals surface area contributed by atoms with E-state index in [0.717, 1.165) is 48.4 Å². The van der Waals surface area contributed by atoms with Crippen molar-refractivity contribution >= 4 is 34.9 Å². The first-order valence-corrected chi connectivity index (χ1v) is 13.5. The predicted molar refractivity (Wildman–Crippen MR) is 154 cm³/mol. The summed E-state index contributed by atoms with van der Waals surface area (Å²) < 4.78 is 0. The summed E-state index contributed by atoms with van der Waals surface area (Å²) in [5, 5.41) is 5.92. The molecule has 1 saturated carbocycles. The maximum absolute atomic E-state index is 12.8. The molecule has 5 rings (SSSR count). The largest absolute Gasteiger partial charge is 0.368 e. The highest BCUT2D eigenvalue weighted by atomic mass is 16.2. The molecule has 0 spiro atoms. The van der Waals surface area contributed by atoms with Crippen LogP contribution in [0, 0.1) is 12.8 Å². The fourth-order valence-corrected chi connectivity index (χ4v) is 4.83. The summed E-state index contributed by atoms with van der Waals surface area (Å²) in [4.78, 5) is 44.0. The van der Waals surface area contributed by atoms with E-state index in [-0.39, 0.29) is 30.3 Å². The number of nitrogens with one attached hydrogen (secondary N) is 2. The molecule has 1 saturated heterocycles. The fraction of sp³-hybridized carbons (Fsp3) is 0.323. The molecule has 2 fully saturated rings. The number of anilines is 3. The maximum Gasteiger partial charge on any atom is 0.321 e. The first kappa shape index (κ1) is 26.3. The Labute approximate surface area is 229 Å². The zero-order valence-corrected chi connectivity index (χ0v) is 22.3. The van der Waals surface area contributed by atoms with E-state index in [2.05, 4.69) is 15.5 Å². The lowest BCUT2D eigenvalue weighted by atomic mass is 10.2. The molecule has 4 amide bonds. The second kappa shape index (κ2) is 12.0. The number of aryl methyl sites for hydroxylation is 1. The minimum absolute atomic E-state index is 0.0263. The molecule has 2 N–H and O–H groups in total. The molecule has 1 aliphatic carbocycles. The number of benzene rings is 3. The lowest BCUT2D eigenvalue weighted by Crippen LogP contribution is -2.50. The molecule has 0 radical (unpaired) electrons. The zero-order chi connectivity index (χ0) is 27.2. The van der Waals surface area contributed by atoms with E-state index >= 15 is 0 Å². The van der Waals surface area contributed by atoms with E-state index < -0.39 is 0 Å². The standard InChI is InChI=1S/C31H35N5O3/c1-23-6-5-9-27(20-23)33-31(39)35-18-16-34(17-19-35)28-14-12-26(13-15-28)32-29(37)22-36(30(38)25-10-11-25)21-24-7-3-2-4-8-24/h2-9,12-15,20,25H,10-11,16-19,21-22H2,1H3,(H,32,37)(H,33,39). The quantitative estimate of drug-likeness (QED) is 0.446. The van der Waals surface area contributed by atoms with Crippen molar-refractivity contribution in [1.29, 1.82) is 0 Å². The molecule has 3 aromatic carbocycles. The van der Waals surface area contributed by atoms with E-state index in [1.54, 1.807) is 4.90 Å². The number of amides is 4. The van der Waals surface area contributed by atoms with Gasteiger partial charge in [0.25, 0.3) is 0 Å². The van der Waals surface area contributed by atoms with Crippen LogP contribution in [0.2, 0.25) is 0 Å². The summed E-state index contributed by atoms with van der Waals surface area (Å²) in [5.74, 6) is -0.105. The van der Waals surface area contributed by atoms with Crippen molar-refractivity contribution in [2.75, 3.05) is 48.3 Å². The van der Waals surface area contributed by atoms with E-state index in [1.165, 1.54) is 0 Å². The van der Waals surface area contributed by atoms with Gasteiger partial charge in [0.15, 0.2) is 0 Å². The lowest BCUT2D eigenvalue weighted by Gasteiger charge is -2.36. The Hall–Kier alpha value is -4.33. The van der Waals surface area contributed by atoms with Crippen LogP contribution in [-0.2, 0) is 16.1 Å². The minimum Gasteiger partial charge on any atom is -0.368 e. The third-order valence-corrected chi connectivity index (χ3v) is 7.14. The van der Waals surface area contributed by atoms with Gasteiger partial charge in [-0.1, -0.05) is 42.5 Å². The SMILES string of the molecule is Cc1cccc(NC(=O)N2CCN(c3ccc(NC(=O)CN(Cc4ccccc4)C(=O)C4CC4)cc3)CC2)c1. The highest BCUT2D eigenvalue weighted by Crippen LogP contribution is 2.31. The van der Waals surface area contributed by atoms with Crippen molar-refractivity contribution in [1.82, 2.24) is 9.80 Å². The molecule has 8 nitrogen and oxygen atoms in total. The molecule has 3 aromatic rings. The first-order valence-electron chi connectivity index (χ1n) is 13.5. The van der Waals surface area contributed by atoms with Gasteiger partial charge in [-0.3, -0.25) is 9.59 Å². The molecule has 0 unspecified atom stereocenters. The topological polar surface area (TPSA) is 85.0 Å². The third-order valence-electron chi connectivity index (χ3n) is 7.14. The molecule has 1 aliphatic heterocycles. The van der Waals surface area contributed by atoms with Crippen molar-refractivity contribution < 1.29 is 14.4 Å². The second-order valence-electron chi connectivity index (χ2n) is 10.3. The van der Waals surface area contributed by atoms with E-state index in [1.807, 2.05) is 90.7 Å². The molecule has 2 aliphatic rings. The Morgan fingerprint density at radius 1 is 0.821 bits per heavy atom. The van der Waals surface area contributed by atoms with Crippen molar-refractivity contribution in [2.24, 2.45) is 5.92 Å². The number of piperazine rings is 1. The van der Waals surface area contributed by atoms with E-state index in [0.29, 0.717) is 25.3 Å². The molecule has 0 bridgehead atoms. The van der Waals surface area contributed by atoms with Gasteiger partial charge in [0.2, 0.25) is 11.8 Å². The van der Waals surface area contributed by atoms with Crippen molar-refractivity contribution in [3.63, 3.8) is 0 Å². The molecule has 1 heterocycles. The molecule has 0 aromatic heterocycles. The highest BCUT2D eigenvalue weighted by molar-refractivity contribution is 5.95. The van der Waals surface area contributed by atoms with Crippen LogP contribution in [-0.4, -0.2) is 60.4 Å². The van der Waals surface area contributed by atoms with Crippen molar-refractivity contribution in [3.8, 4) is 0 Å². The van der Waals surface area contributed by atoms with E-state index in [9.17, 15) is 14.4 Å². The highest BCUT2D eigenvalue weighted by Gasteiger charge is 2.34. The number of carbonyl (C=O) groups excluding carboxylic acids is 3. The van der Waals surface area contributed by atoms with Crippen LogP contribution in [0.1, 0.15) is 24.0 Å². The van der Waals surface area contributed by atoms with Crippen LogP contribution in [0.4, 0.5) is 21.9 Å². The summed E-state index contributed by atoms with van der Waals surface area (Å²) in [5.41, 5.74) is 4.66. The summed E-state index contributed by atoms with van der Waals surface area (Å²) >= 11 is 0. The summed E-state index contributed by atoms with van der Waals surface area (Å²) in [6.07, 6.45) is 1.80. The van der Waals surface area contributed by atoms with Gasteiger partial charge in [0.05, 0.1) is 0 Å². The Morgan fingerprint density at radius 2 is 1.54 bits per heavy atom. The van der Waals surface area contributed by atoms with Crippen LogP contribution in [0.5, 0.6) is 0 Å². The van der Waals surface area contributed by atoms with Gasteiger partial charge in [-0.25, -0.2) is 4.79 Å². The number of rotatable bonds is 8. The first-order chi connectivity index (χ1) is 18.9. The summed E-state index contributed by atoms with van der Waals surface area (Å²) in [7, 11) is 0. The van der Waals surface area contributed by atoms with Gasteiger partial charge in [-0.2, -0.15) is 0 Å². The molecule has 202 valence electrons. The average Bonchev–Trinajstić information content (AvgIpc) is 3.79. The van der Waals surface area contributed by atoms with Crippen LogP contribution in [0.25, 0.3) is 0 Å². The number of carbonyl (C=O) groups is 3. The van der Waals surface area contributed by atoms with Gasteiger partial charge < -0.3 is 25.3 Å². The number of urea groups is 1. The molecule has 8 heteroatoms. The normalized spacial score (nSPS) is 15.0. The van der Waals surface area contributed by atoms with Gasteiger partial charge >= 0.3 is 6.03 Å². The average molecular weight is 526 g/mol. The van der Waals surface area contributed by atoms with Gasteiger partial charge in [-0.05, 0) is 67.3 Å². The summed E-state index contributed by atoms with van der Waals surface area (Å²) in [6, 6.07) is 25.2. The van der Waals surface area contributed by atoms with Gasteiger partial charge in [0.1, 0.15) is 6.54 Å². The van der Waals surface area contributed by atoms with E-state index in [4.69, 9.17) is 0 Å². The lowest BCUT2D eigenvalue weighted by molar-refractivity contribution is -0.136. The monoisotopic (exact) mass is 525 g/mol. The van der Waals surface area contributed by atoms with Gasteiger partial charge in [-0.15, -0.1) is 0 Å². The van der Waals surface area contributed by atoms with Crippen molar-refractivity contribution in [2.45, 2.75) is 26.3 Å². The van der Waals surface area contributed by atoms with Crippen molar-refractivity contribution in [3.05, 3.63) is 90.0 Å². The number of hydrogen-bond donors (Lipinski definition) is 2. The van der Waals surface area contributed by atoms with Gasteiger partial charge in [0, 0.05) is 55.7 Å². The molecular weight excluding hydrogens is 490 g/mol. The molecular formula is C31H35N5O3. The van der Waals surface area contributed by atoms with Crippen LogP contribution < -0.4 is 15.5 Å². The number of nitrogens with zero attached hydrogens (tertiary/aromatic N) is 3. The van der Waals surface area contributed by atoms with Crippen LogP contribution >= 0.6 is 0 Å². The molecule has 0 atom stereocenters. The predicted octanol–water partition coefficient (Wildman–Crippen LogP) is 4.73. The zero-order valence-electron chi connectivity index (χ0n) is 22.3. The maximum atomic E-state index is 12.8. The fourth-order valence-electron chi connectivity index (χ4n) is 4.83. The third kappa shape index (κ3) is 7.16.